The Morgan fingerprint density at radius 3 is 2.76 bits per heavy atom. The van der Waals surface area contributed by atoms with Gasteiger partial charge in [0.2, 0.25) is 0 Å². The Hall–Kier alpha value is -2.22. The predicted molar refractivity (Wildman–Crippen MR) is 74.1 cm³/mol. The number of amides is 1. The summed E-state index contributed by atoms with van der Waals surface area (Å²) in [6.07, 6.45) is 0.330. The van der Waals surface area contributed by atoms with Gasteiger partial charge in [0.1, 0.15) is 5.82 Å². The summed E-state index contributed by atoms with van der Waals surface area (Å²) in [6.45, 7) is 2.82. The number of anilines is 1. The molecule has 3 N–H and O–H groups in total. The first kappa shape index (κ1) is 15.2. The lowest BCUT2D eigenvalue weighted by Crippen LogP contribution is -2.25. The van der Waals surface area contributed by atoms with E-state index in [0.717, 1.165) is 0 Å². The summed E-state index contributed by atoms with van der Waals surface area (Å²) >= 11 is 0. The molecule has 0 radical (unpaired) electrons. The van der Waals surface area contributed by atoms with E-state index in [1.54, 1.807) is 12.1 Å². The Morgan fingerprint density at radius 1 is 1.38 bits per heavy atom. The molecule has 1 aromatic rings. The SMILES string of the molecule is CCNC(=O)c1ccc(NCC2CCC(C(=O)O)O2)nn1. The van der Waals surface area contributed by atoms with Crippen LogP contribution in [-0.4, -0.2) is 52.5 Å². The smallest absolute Gasteiger partial charge is 0.332 e. The zero-order valence-electron chi connectivity index (χ0n) is 11.7. The zero-order chi connectivity index (χ0) is 15.2. The second-order valence-electron chi connectivity index (χ2n) is 4.71. The molecule has 0 aliphatic carbocycles. The standard InChI is InChI=1S/C13H18N4O4/c1-2-14-12(18)9-4-6-11(17-16-9)15-7-8-3-5-10(21-8)13(19)20/h4,6,8,10H,2-3,5,7H2,1H3,(H,14,18)(H,15,17)(H,19,20). The molecule has 8 heteroatoms. The Kier molecular flexibility index (Phi) is 5.04. The van der Waals surface area contributed by atoms with E-state index in [2.05, 4.69) is 20.8 Å². The van der Waals surface area contributed by atoms with Crippen molar-refractivity contribution in [2.75, 3.05) is 18.4 Å². The largest absolute Gasteiger partial charge is 0.479 e. The molecule has 2 heterocycles. The van der Waals surface area contributed by atoms with E-state index in [0.29, 0.717) is 31.7 Å². The minimum Gasteiger partial charge on any atom is -0.479 e. The number of aromatic nitrogens is 2. The highest BCUT2D eigenvalue weighted by Gasteiger charge is 2.30. The second kappa shape index (κ2) is 6.98. The topological polar surface area (TPSA) is 113 Å². The van der Waals surface area contributed by atoms with Crippen molar-refractivity contribution >= 4 is 17.7 Å². The van der Waals surface area contributed by atoms with E-state index in [1.807, 2.05) is 6.92 Å². The summed E-state index contributed by atoms with van der Waals surface area (Å²) in [4.78, 5) is 22.3. The highest BCUT2D eigenvalue weighted by atomic mass is 16.5. The second-order valence-corrected chi connectivity index (χ2v) is 4.71. The molecule has 0 bridgehead atoms. The van der Waals surface area contributed by atoms with E-state index in [-0.39, 0.29) is 17.7 Å². The van der Waals surface area contributed by atoms with Gasteiger partial charge in [-0.2, -0.15) is 0 Å². The van der Waals surface area contributed by atoms with Crippen molar-refractivity contribution in [2.45, 2.75) is 32.0 Å². The normalized spacial score (nSPS) is 21.0. The lowest BCUT2D eigenvalue weighted by atomic mass is 10.2. The van der Waals surface area contributed by atoms with Crippen molar-refractivity contribution < 1.29 is 19.4 Å². The minimum atomic E-state index is -0.927. The van der Waals surface area contributed by atoms with Crippen molar-refractivity contribution in [3.8, 4) is 0 Å². The molecular formula is C13H18N4O4. The molecule has 2 atom stereocenters. The molecule has 2 rings (SSSR count). The maximum atomic E-state index is 11.5. The fourth-order valence-electron chi connectivity index (χ4n) is 2.05. The van der Waals surface area contributed by atoms with E-state index in [9.17, 15) is 9.59 Å². The summed E-state index contributed by atoms with van der Waals surface area (Å²) in [5.41, 5.74) is 0.255. The molecule has 1 aromatic heterocycles. The molecule has 1 fully saturated rings. The third-order valence-corrected chi connectivity index (χ3v) is 3.13. The molecule has 1 amide bonds. The molecule has 1 aliphatic heterocycles. The minimum absolute atomic E-state index is 0.157. The van der Waals surface area contributed by atoms with Gasteiger partial charge in [-0.3, -0.25) is 4.79 Å². The third kappa shape index (κ3) is 4.12. The van der Waals surface area contributed by atoms with Crippen molar-refractivity contribution in [2.24, 2.45) is 0 Å². The lowest BCUT2D eigenvalue weighted by molar-refractivity contribution is -0.149. The predicted octanol–water partition coefficient (Wildman–Crippen LogP) is 0.270. The van der Waals surface area contributed by atoms with Gasteiger partial charge in [0, 0.05) is 13.1 Å². The molecule has 21 heavy (non-hydrogen) atoms. The monoisotopic (exact) mass is 294 g/mol. The average Bonchev–Trinajstić information content (AvgIpc) is 2.95. The number of carboxylic acid groups (broad SMARTS) is 1. The average molecular weight is 294 g/mol. The maximum absolute atomic E-state index is 11.5. The van der Waals surface area contributed by atoms with Crippen LogP contribution in [0.2, 0.25) is 0 Å². The van der Waals surface area contributed by atoms with Crippen LogP contribution in [0.4, 0.5) is 5.82 Å². The highest BCUT2D eigenvalue weighted by molar-refractivity contribution is 5.92. The van der Waals surface area contributed by atoms with Crippen LogP contribution in [-0.2, 0) is 9.53 Å². The van der Waals surface area contributed by atoms with Gasteiger partial charge in [0.05, 0.1) is 6.10 Å². The Balaban J connectivity index is 1.82. The van der Waals surface area contributed by atoms with Crippen LogP contribution >= 0.6 is 0 Å². The van der Waals surface area contributed by atoms with Crippen LogP contribution in [0.15, 0.2) is 12.1 Å². The first-order valence-electron chi connectivity index (χ1n) is 6.84. The molecule has 1 aliphatic rings. The fraction of sp³-hybridized carbons (Fsp3) is 0.538. The van der Waals surface area contributed by atoms with Crippen LogP contribution in [0.5, 0.6) is 0 Å². The number of nitrogens with zero attached hydrogens (tertiary/aromatic N) is 2. The summed E-state index contributed by atoms with van der Waals surface area (Å²) in [7, 11) is 0. The van der Waals surface area contributed by atoms with Gasteiger partial charge in [-0.05, 0) is 31.9 Å². The van der Waals surface area contributed by atoms with Crippen LogP contribution in [0, 0.1) is 0 Å². The molecule has 0 aromatic carbocycles. The molecular weight excluding hydrogens is 276 g/mol. The first-order chi connectivity index (χ1) is 10.1. The Morgan fingerprint density at radius 2 is 2.19 bits per heavy atom. The van der Waals surface area contributed by atoms with Gasteiger partial charge in [-0.15, -0.1) is 10.2 Å². The van der Waals surface area contributed by atoms with Crippen molar-refractivity contribution in [1.82, 2.24) is 15.5 Å². The third-order valence-electron chi connectivity index (χ3n) is 3.13. The summed E-state index contributed by atoms with van der Waals surface area (Å²) in [5.74, 6) is -0.672. The van der Waals surface area contributed by atoms with Gasteiger partial charge >= 0.3 is 5.97 Å². The number of carbonyl (C=O) groups excluding carboxylic acids is 1. The number of aliphatic carboxylic acids is 1. The quantitative estimate of drug-likeness (QED) is 0.690. The number of nitrogens with one attached hydrogen (secondary N) is 2. The number of carbonyl (C=O) groups is 2. The van der Waals surface area contributed by atoms with Crippen LogP contribution in [0.3, 0.4) is 0 Å². The van der Waals surface area contributed by atoms with Gasteiger partial charge in [-0.1, -0.05) is 0 Å². The van der Waals surface area contributed by atoms with Gasteiger partial charge < -0.3 is 20.5 Å². The summed E-state index contributed by atoms with van der Waals surface area (Å²) in [6, 6.07) is 3.23. The molecule has 1 saturated heterocycles. The molecule has 0 saturated carbocycles. The molecule has 8 nitrogen and oxygen atoms in total. The molecule has 114 valence electrons. The van der Waals surface area contributed by atoms with E-state index in [4.69, 9.17) is 9.84 Å². The molecule has 0 spiro atoms. The van der Waals surface area contributed by atoms with E-state index >= 15 is 0 Å². The molecule has 2 unspecified atom stereocenters. The van der Waals surface area contributed by atoms with Crippen molar-refractivity contribution in [3.05, 3.63) is 17.8 Å². The number of ether oxygens (including phenoxy) is 1. The van der Waals surface area contributed by atoms with Crippen LogP contribution < -0.4 is 10.6 Å². The van der Waals surface area contributed by atoms with Crippen LogP contribution in [0.25, 0.3) is 0 Å². The van der Waals surface area contributed by atoms with Gasteiger partial charge in [0.25, 0.3) is 5.91 Å². The number of carboxylic acids is 1. The number of rotatable bonds is 6. The maximum Gasteiger partial charge on any atom is 0.332 e. The highest BCUT2D eigenvalue weighted by Crippen LogP contribution is 2.20. The summed E-state index contributed by atoms with van der Waals surface area (Å²) in [5, 5.41) is 22.2. The number of hydrogen-bond acceptors (Lipinski definition) is 6. The van der Waals surface area contributed by atoms with Gasteiger partial charge in [0.15, 0.2) is 11.8 Å². The lowest BCUT2D eigenvalue weighted by Gasteiger charge is -2.12. The zero-order valence-corrected chi connectivity index (χ0v) is 11.7. The summed E-state index contributed by atoms with van der Waals surface area (Å²) < 4.78 is 5.36. The van der Waals surface area contributed by atoms with Gasteiger partial charge in [-0.25, -0.2) is 4.79 Å². The fourth-order valence-corrected chi connectivity index (χ4v) is 2.05. The number of hydrogen-bond donors (Lipinski definition) is 3. The Bertz CT molecular complexity index is 505. The first-order valence-corrected chi connectivity index (χ1v) is 6.84. The van der Waals surface area contributed by atoms with Crippen molar-refractivity contribution in [3.63, 3.8) is 0 Å². The van der Waals surface area contributed by atoms with Crippen molar-refractivity contribution in [1.29, 1.82) is 0 Å². The van der Waals surface area contributed by atoms with E-state index in [1.165, 1.54) is 0 Å². The van der Waals surface area contributed by atoms with Crippen LogP contribution in [0.1, 0.15) is 30.3 Å². The Labute approximate surface area is 121 Å². The van der Waals surface area contributed by atoms with E-state index < -0.39 is 12.1 Å².